The van der Waals surface area contributed by atoms with Crippen molar-refractivity contribution in [2.45, 2.75) is 31.8 Å². The van der Waals surface area contributed by atoms with Crippen LogP contribution >= 0.6 is 0 Å². The third-order valence-electron chi connectivity index (χ3n) is 5.43. The van der Waals surface area contributed by atoms with E-state index in [2.05, 4.69) is 10.6 Å². The quantitative estimate of drug-likeness (QED) is 0.782. The molecular weight excluding hydrogens is 370 g/mol. The second kappa shape index (κ2) is 7.67. The summed E-state index contributed by atoms with van der Waals surface area (Å²) < 4.78 is 5.32. The number of nitrogens with one attached hydrogen (secondary N) is 2. The van der Waals surface area contributed by atoms with Crippen LogP contribution in [0.25, 0.3) is 0 Å². The zero-order valence-electron chi connectivity index (χ0n) is 16.2. The topological polar surface area (TPSA) is 87.7 Å². The monoisotopic (exact) mass is 393 g/mol. The van der Waals surface area contributed by atoms with E-state index in [1.807, 2.05) is 31.2 Å². The minimum absolute atomic E-state index is 0.174. The van der Waals surface area contributed by atoms with E-state index >= 15 is 0 Å². The summed E-state index contributed by atoms with van der Waals surface area (Å²) >= 11 is 0. The second-order valence-electron chi connectivity index (χ2n) is 7.54. The van der Waals surface area contributed by atoms with Crippen molar-refractivity contribution in [1.82, 2.24) is 10.2 Å². The van der Waals surface area contributed by atoms with E-state index in [4.69, 9.17) is 4.74 Å². The molecule has 1 spiro atoms. The standard InChI is InChI=1S/C22H23N3O4/c1-15-3-2-4-18(13-15)23-19(26)17-7-5-16(6-8-17)14-25-20(27)22(24-21(25)28)9-11-29-12-10-22/h2-8,13H,9-12,14H2,1H3,(H,23,26)(H,24,28). The number of hydrogen-bond donors (Lipinski definition) is 2. The predicted octanol–water partition coefficient (Wildman–Crippen LogP) is 2.85. The first kappa shape index (κ1) is 19.1. The number of nitrogens with zero attached hydrogens (tertiary/aromatic N) is 1. The third-order valence-corrected chi connectivity index (χ3v) is 5.43. The number of carbonyl (C=O) groups is 3. The van der Waals surface area contributed by atoms with Crippen LogP contribution in [0.5, 0.6) is 0 Å². The molecule has 0 saturated carbocycles. The molecule has 2 aromatic rings. The highest BCUT2D eigenvalue weighted by atomic mass is 16.5. The summed E-state index contributed by atoms with van der Waals surface area (Å²) in [7, 11) is 0. The van der Waals surface area contributed by atoms with Crippen LogP contribution in [0, 0.1) is 6.92 Å². The Morgan fingerprint density at radius 3 is 2.55 bits per heavy atom. The number of hydrogen-bond acceptors (Lipinski definition) is 4. The molecule has 0 unspecified atom stereocenters. The minimum atomic E-state index is -0.830. The van der Waals surface area contributed by atoms with E-state index in [-0.39, 0.29) is 24.4 Å². The molecule has 0 bridgehead atoms. The van der Waals surface area contributed by atoms with Gasteiger partial charge in [-0.1, -0.05) is 24.3 Å². The molecule has 2 aliphatic heterocycles. The molecule has 2 aliphatic rings. The number of benzene rings is 2. The lowest BCUT2D eigenvalue weighted by atomic mass is 9.90. The summed E-state index contributed by atoms with van der Waals surface area (Å²) in [5.41, 5.74) is 2.26. The lowest BCUT2D eigenvalue weighted by molar-refractivity contribution is -0.134. The van der Waals surface area contributed by atoms with Gasteiger partial charge >= 0.3 is 6.03 Å². The fourth-order valence-corrected chi connectivity index (χ4v) is 3.75. The summed E-state index contributed by atoms with van der Waals surface area (Å²) in [4.78, 5) is 38.9. The molecule has 0 atom stereocenters. The molecular formula is C22H23N3O4. The predicted molar refractivity (Wildman–Crippen MR) is 107 cm³/mol. The molecule has 2 aromatic carbocycles. The Balaban J connectivity index is 1.42. The smallest absolute Gasteiger partial charge is 0.325 e. The van der Waals surface area contributed by atoms with Crippen molar-refractivity contribution in [3.8, 4) is 0 Å². The Labute approximate surface area is 169 Å². The van der Waals surface area contributed by atoms with Crippen LogP contribution in [0.3, 0.4) is 0 Å². The SMILES string of the molecule is Cc1cccc(NC(=O)c2ccc(CN3C(=O)NC4(CCOCC4)C3=O)cc2)c1. The van der Waals surface area contributed by atoms with Crippen LogP contribution in [-0.4, -0.2) is 41.5 Å². The van der Waals surface area contributed by atoms with Gasteiger partial charge in [0.2, 0.25) is 0 Å². The van der Waals surface area contributed by atoms with Crippen LogP contribution in [0.2, 0.25) is 0 Å². The molecule has 0 aromatic heterocycles. The van der Waals surface area contributed by atoms with Crippen molar-refractivity contribution in [3.63, 3.8) is 0 Å². The second-order valence-corrected chi connectivity index (χ2v) is 7.54. The summed E-state index contributed by atoms with van der Waals surface area (Å²) in [6.07, 6.45) is 0.984. The molecule has 2 fully saturated rings. The van der Waals surface area contributed by atoms with Crippen LogP contribution in [0.15, 0.2) is 48.5 Å². The first-order valence-electron chi connectivity index (χ1n) is 9.66. The minimum Gasteiger partial charge on any atom is -0.381 e. The summed E-state index contributed by atoms with van der Waals surface area (Å²) in [6.45, 7) is 3.06. The molecule has 4 rings (SSSR count). The van der Waals surface area contributed by atoms with E-state index < -0.39 is 5.54 Å². The Morgan fingerprint density at radius 2 is 1.86 bits per heavy atom. The van der Waals surface area contributed by atoms with E-state index in [0.717, 1.165) is 16.8 Å². The van der Waals surface area contributed by atoms with Gasteiger partial charge < -0.3 is 15.4 Å². The van der Waals surface area contributed by atoms with Crippen molar-refractivity contribution >= 4 is 23.5 Å². The third kappa shape index (κ3) is 3.86. The summed E-state index contributed by atoms with van der Waals surface area (Å²) in [5.74, 6) is -0.412. The zero-order chi connectivity index (χ0) is 20.4. The largest absolute Gasteiger partial charge is 0.381 e. The number of amides is 4. The summed E-state index contributed by atoms with van der Waals surface area (Å²) in [5, 5.41) is 5.71. The van der Waals surface area contributed by atoms with E-state index in [9.17, 15) is 14.4 Å². The number of rotatable bonds is 4. The number of aryl methyl sites for hydroxylation is 1. The highest BCUT2D eigenvalue weighted by Gasteiger charge is 2.51. The molecule has 2 N–H and O–H groups in total. The highest BCUT2D eigenvalue weighted by molar-refractivity contribution is 6.07. The molecule has 7 heteroatoms. The first-order chi connectivity index (χ1) is 14.0. The van der Waals surface area contributed by atoms with E-state index in [1.54, 1.807) is 24.3 Å². The Kier molecular flexibility index (Phi) is 5.07. The number of carbonyl (C=O) groups excluding carboxylic acids is 3. The van der Waals surface area contributed by atoms with E-state index in [0.29, 0.717) is 31.6 Å². The van der Waals surface area contributed by atoms with Crippen molar-refractivity contribution < 1.29 is 19.1 Å². The Bertz CT molecular complexity index is 949. The van der Waals surface area contributed by atoms with Gasteiger partial charge in [-0.05, 0) is 42.3 Å². The summed E-state index contributed by atoms with van der Waals surface area (Å²) in [6, 6.07) is 14.1. The van der Waals surface area contributed by atoms with Crippen molar-refractivity contribution in [3.05, 3.63) is 65.2 Å². The normalized spacial score (nSPS) is 18.0. The van der Waals surface area contributed by atoms with Gasteiger partial charge in [-0.2, -0.15) is 0 Å². The van der Waals surface area contributed by atoms with Gasteiger partial charge in [-0.15, -0.1) is 0 Å². The molecule has 2 saturated heterocycles. The molecule has 0 aliphatic carbocycles. The van der Waals surface area contributed by atoms with Gasteiger partial charge in [0.05, 0.1) is 6.54 Å². The maximum Gasteiger partial charge on any atom is 0.325 e. The fraction of sp³-hybridized carbons (Fsp3) is 0.318. The average molecular weight is 393 g/mol. The number of urea groups is 1. The number of imide groups is 1. The van der Waals surface area contributed by atoms with Crippen molar-refractivity contribution in [1.29, 1.82) is 0 Å². The first-order valence-corrected chi connectivity index (χ1v) is 9.66. The van der Waals surface area contributed by atoms with Crippen LogP contribution < -0.4 is 10.6 Å². The van der Waals surface area contributed by atoms with Gasteiger partial charge in [0, 0.05) is 37.3 Å². The number of anilines is 1. The fourth-order valence-electron chi connectivity index (χ4n) is 3.75. The zero-order valence-corrected chi connectivity index (χ0v) is 16.2. The van der Waals surface area contributed by atoms with Crippen LogP contribution in [0.1, 0.15) is 34.3 Å². The molecule has 0 radical (unpaired) electrons. The van der Waals surface area contributed by atoms with Crippen LogP contribution in [-0.2, 0) is 16.1 Å². The Morgan fingerprint density at radius 1 is 1.14 bits per heavy atom. The van der Waals surface area contributed by atoms with Crippen molar-refractivity contribution in [2.24, 2.45) is 0 Å². The average Bonchev–Trinajstić information content (AvgIpc) is 2.93. The Hall–Kier alpha value is -3.19. The molecule has 2 heterocycles. The highest BCUT2D eigenvalue weighted by Crippen LogP contribution is 2.29. The number of ether oxygens (including phenoxy) is 1. The van der Waals surface area contributed by atoms with Crippen molar-refractivity contribution in [2.75, 3.05) is 18.5 Å². The van der Waals surface area contributed by atoms with Gasteiger partial charge in [-0.3, -0.25) is 14.5 Å². The van der Waals surface area contributed by atoms with Crippen LogP contribution in [0.4, 0.5) is 10.5 Å². The lowest BCUT2D eigenvalue weighted by Crippen LogP contribution is -2.51. The molecule has 29 heavy (non-hydrogen) atoms. The van der Waals surface area contributed by atoms with Gasteiger partial charge in [0.25, 0.3) is 11.8 Å². The molecule has 150 valence electrons. The van der Waals surface area contributed by atoms with Gasteiger partial charge in [-0.25, -0.2) is 4.79 Å². The maximum atomic E-state index is 12.8. The van der Waals surface area contributed by atoms with Gasteiger partial charge in [0.1, 0.15) is 5.54 Å². The molecule has 7 nitrogen and oxygen atoms in total. The lowest BCUT2D eigenvalue weighted by Gasteiger charge is -2.30. The maximum absolute atomic E-state index is 12.8. The molecule has 4 amide bonds. The van der Waals surface area contributed by atoms with Gasteiger partial charge in [0.15, 0.2) is 0 Å². The van der Waals surface area contributed by atoms with E-state index in [1.165, 1.54) is 4.90 Å².